The zero-order valence-electron chi connectivity index (χ0n) is 16.2. The van der Waals surface area contributed by atoms with Gasteiger partial charge in [0.05, 0.1) is 13.7 Å². The number of benzene rings is 2. The highest BCUT2D eigenvalue weighted by molar-refractivity contribution is 5.85. The van der Waals surface area contributed by atoms with Crippen molar-refractivity contribution in [2.24, 2.45) is 0 Å². The summed E-state index contributed by atoms with van der Waals surface area (Å²) in [5.74, 6) is -0.578. The number of carbonyl (C=O) groups excluding carboxylic acids is 2. The van der Waals surface area contributed by atoms with E-state index in [-0.39, 0.29) is 12.5 Å². The number of anilines is 1. The zero-order chi connectivity index (χ0) is 19.8. The number of ether oxygens (including phenoxy) is 1. The molecule has 0 spiro atoms. The third kappa shape index (κ3) is 5.57. The Labute approximate surface area is 166 Å². The van der Waals surface area contributed by atoms with E-state index in [0.29, 0.717) is 6.42 Å². The molecule has 1 aliphatic heterocycles. The molecule has 0 bridgehead atoms. The molecular weight excluding hydrogens is 354 g/mol. The van der Waals surface area contributed by atoms with Crippen molar-refractivity contribution in [2.75, 3.05) is 44.7 Å². The lowest BCUT2D eigenvalue weighted by molar-refractivity contribution is -0.145. The standard InChI is InChI=1S/C22H27N3O3/c1-28-22(27)20(16-18-8-4-2-5-9-18)23-21(26)17-24-12-14-25(15-13-24)19-10-6-3-7-11-19/h2-11,20H,12-17H2,1H3,(H,23,26)/t20-/m0/s1. The van der Waals surface area contributed by atoms with Crippen LogP contribution in [0, 0.1) is 0 Å². The smallest absolute Gasteiger partial charge is 0.328 e. The number of piperazine rings is 1. The van der Waals surface area contributed by atoms with Gasteiger partial charge >= 0.3 is 5.97 Å². The van der Waals surface area contributed by atoms with Crippen LogP contribution in [-0.2, 0) is 20.7 Å². The first-order valence-electron chi connectivity index (χ1n) is 9.59. The van der Waals surface area contributed by atoms with Gasteiger partial charge in [-0.15, -0.1) is 0 Å². The van der Waals surface area contributed by atoms with Crippen LogP contribution in [0.25, 0.3) is 0 Å². The number of nitrogens with one attached hydrogen (secondary N) is 1. The van der Waals surface area contributed by atoms with Crippen LogP contribution in [0.15, 0.2) is 60.7 Å². The molecule has 6 heteroatoms. The Morgan fingerprint density at radius 3 is 2.18 bits per heavy atom. The van der Waals surface area contributed by atoms with Gasteiger partial charge in [-0.1, -0.05) is 48.5 Å². The Morgan fingerprint density at radius 1 is 0.964 bits per heavy atom. The predicted octanol–water partition coefficient (Wildman–Crippen LogP) is 1.71. The topological polar surface area (TPSA) is 61.9 Å². The fraction of sp³-hybridized carbons (Fsp3) is 0.364. The highest BCUT2D eigenvalue weighted by Crippen LogP contribution is 2.15. The minimum absolute atomic E-state index is 0.153. The van der Waals surface area contributed by atoms with Gasteiger partial charge in [0.15, 0.2) is 0 Å². The van der Waals surface area contributed by atoms with Crippen LogP contribution in [-0.4, -0.2) is 62.7 Å². The number of amides is 1. The Bertz CT molecular complexity index is 759. The second-order valence-corrected chi connectivity index (χ2v) is 6.93. The lowest BCUT2D eigenvalue weighted by atomic mass is 10.1. The summed E-state index contributed by atoms with van der Waals surface area (Å²) in [4.78, 5) is 29.0. The van der Waals surface area contributed by atoms with E-state index in [1.54, 1.807) is 0 Å². The Kier molecular flexibility index (Phi) is 7.03. The molecule has 2 aromatic carbocycles. The van der Waals surface area contributed by atoms with Crippen LogP contribution in [0.3, 0.4) is 0 Å². The maximum Gasteiger partial charge on any atom is 0.328 e. The van der Waals surface area contributed by atoms with Gasteiger partial charge in [-0.05, 0) is 17.7 Å². The SMILES string of the molecule is COC(=O)[C@H](Cc1ccccc1)NC(=O)CN1CCN(c2ccccc2)CC1. The normalized spacial score (nSPS) is 15.7. The summed E-state index contributed by atoms with van der Waals surface area (Å²) in [5, 5.41) is 2.84. The average molecular weight is 381 g/mol. The molecule has 0 aliphatic carbocycles. The zero-order valence-corrected chi connectivity index (χ0v) is 16.2. The first-order chi connectivity index (χ1) is 13.7. The average Bonchev–Trinajstić information content (AvgIpc) is 2.74. The fourth-order valence-corrected chi connectivity index (χ4v) is 3.43. The molecule has 1 saturated heterocycles. The van der Waals surface area contributed by atoms with Gasteiger partial charge in [-0.3, -0.25) is 9.69 Å². The molecule has 1 aliphatic rings. The first-order valence-corrected chi connectivity index (χ1v) is 9.59. The highest BCUT2D eigenvalue weighted by atomic mass is 16.5. The Morgan fingerprint density at radius 2 is 1.57 bits per heavy atom. The highest BCUT2D eigenvalue weighted by Gasteiger charge is 2.24. The lowest BCUT2D eigenvalue weighted by Gasteiger charge is -2.35. The number of carbonyl (C=O) groups is 2. The molecule has 148 valence electrons. The molecule has 1 fully saturated rings. The predicted molar refractivity (Wildman–Crippen MR) is 109 cm³/mol. The summed E-state index contributed by atoms with van der Waals surface area (Å²) in [5.41, 5.74) is 2.19. The molecule has 1 atom stereocenters. The van der Waals surface area contributed by atoms with E-state index in [0.717, 1.165) is 31.7 Å². The lowest BCUT2D eigenvalue weighted by Crippen LogP contribution is -2.52. The maximum atomic E-state index is 12.5. The van der Waals surface area contributed by atoms with Crippen molar-refractivity contribution in [3.8, 4) is 0 Å². The molecule has 1 amide bonds. The summed E-state index contributed by atoms with van der Waals surface area (Å²) < 4.78 is 4.86. The molecule has 1 heterocycles. The third-order valence-corrected chi connectivity index (χ3v) is 4.96. The van der Waals surface area contributed by atoms with Crippen molar-refractivity contribution >= 4 is 17.6 Å². The number of methoxy groups -OCH3 is 1. The molecule has 2 aromatic rings. The van der Waals surface area contributed by atoms with Gasteiger partial charge in [-0.2, -0.15) is 0 Å². The number of hydrogen-bond donors (Lipinski definition) is 1. The van der Waals surface area contributed by atoms with E-state index in [2.05, 4.69) is 27.2 Å². The van der Waals surface area contributed by atoms with Crippen LogP contribution in [0.1, 0.15) is 5.56 Å². The van der Waals surface area contributed by atoms with Crippen molar-refractivity contribution in [2.45, 2.75) is 12.5 Å². The van der Waals surface area contributed by atoms with Crippen molar-refractivity contribution in [1.29, 1.82) is 0 Å². The van der Waals surface area contributed by atoms with Gasteiger partial charge in [0.25, 0.3) is 0 Å². The molecule has 0 aromatic heterocycles. The summed E-state index contributed by atoms with van der Waals surface area (Å²) in [7, 11) is 1.34. The van der Waals surface area contributed by atoms with E-state index in [4.69, 9.17) is 4.74 Å². The number of nitrogens with zero attached hydrogens (tertiary/aromatic N) is 2. The summed E-state index contributed by atoms with van der Waals surface area (Å²) in [6, 6.07) is 19.2. The van der Waals surface area contributed by atoms with Gasteiger partial charge in [0, 0.05) is 38.3 Å². The van der Waals surface area contributed by atoms with Crippen molar-refractivity contribution < 1.29 is 14.3 Å². The third-order valence-electron chi connectivity index (χ3n) is 4.96. The number of hydrogen-bond acceptors (Lipinski definition) is 5. The molecule has 28 heavy (non-hydrogen) atoms. The van der Waals surface area contributed by atoms with E-state index >= 15 is 0 Å². The number of rotatable bonds is 7. The second-order valence-electron chi connectivity index (χ2n) is 6.93. The van der Waals surface area contributed by atoms with Crippen molar-refractivity contribution in [1.82, 2.24) is 10.2 Å². The molecule has 0 unspecified atom stereocenters. The van der Waals surface area contributed by atoms with Crippen LogP contribution in [0.5, 0.6) is 0 Å². The van der Waals surface area contributed by atoms with Crippen LogP contribution in [0.2, 0.25) is 0 Å². The first kappa shape index (κ1) is 19.9. The van der Waals surface area contributed by atoms with Gasteiger partial charge < -0.3 is 15.0 Å². The maximum absolute atomic E-state index is 12.5. The summed E-state index contributed by atoms with van der Waals surface area (Å²) >= 11 is 0. The Balaban J connectivity index is 1.50. The monoisotopic (exact) mass is 381 g/mol. The fourth-order valence-electron chi connectivity index (χ4n) is 3.43. The van der Waals surface area contributed by atoms with E-state index < -0.39 is 12.0 Å². The van der Waals surface area contributed by atoms with E-state index in [1.165, 1.54) is 12.8 Å². The second kappa shape index (κ2) is 9.90. The number of para-hydroxylation sites is 1. The Hall–Kier alpha value is -2.86. The van der Waals surface area contributed by atoms with Gasteiger partial charge in [0.1, 0.15) is 6.04 Å². The van der Waals surface area contributed by atoms with Crippen LogP contribution < -0.4 is 10.2 Å². The molecule has 0 radical (unpaired) electrons. The minimum Gasteiger partial charge on any atom is -0.467 e. The van der Waals surface area contributed by atoms with Crippen molar-refractivity contribution in [3.63, 3.8) is 0 Å². The van der Waals surface area contributed by atoms with Crippen LogP contribution >= 0.6 is 0 Å². The summed E-state index contributed by atoms with van der Waals surface area (Å²) in [6.45, 7) is 3.65. The summed E-state index contributed by atoms with van der Waals surface area (Å²) in [6.07, 6.45) is 0.418. The van der Waals surface area contributed by atoms with E-state index in [1.807, 2.05) is 48.5 Å². The van der Waals surface area contributed by atoms with E-state index in [9.17, 15) is 9.59 Å². The van der Waals surface area contributed by atoms with Crippen LogP contribution in [0.4, 0.5) is 5.69 Å². The van der Waals surface area contributed by atoms with Gasteiger partial charge in [0.2, 0.25) is 5.91 Å². The molecular formula is C22H27N3O3. The molecule has 1 N–H and O–H groups in total. The van der Waals surface area contributed by atoms with Crippen molar-refractivity contribution in [3.05, 3.63) is 66.2 Å². The molecule has 6 nitrogen and oxygen atoms in total. The minimum atomic E-state index is -0.675. The quantitative estimate of drug-likeness (QED) is 0.740. The number of esters is 1. The molecule has 0 saturated carbocycles. The molecule has 3 rings (SSSR count). The van der Waals surface area contributed by atoms with Gasteiger partial charge in [-0.25, -0.2) is 4.79 Å². The largest absolute Gasteiger partial charge is 0.467 e.